The van der Waals surface area contributed by atoms with E-state index in [1.165, 1.54) is 22.4 Å². The first-order chi connectivity index (χ1) is 14.6. The van der Waals surface area contributed by atoms with Gasteiger partial charge in [0.15, 0.2) is 5.96 Å². The van der Waals surface area contributed by atoms with Crippen molar-refractivity contribution in [3.05, 3.63) is 82.7 Å². The Morgan fingerprint density at radius 1 is 1.00 bits per heavy atom. The smallest absolute Gasteiger partial charge is 0.191 e. The Bertz CT molecular complexity index is 968. The Kier molecular flexibility index (Phi) is 9.84. The van der Waals surface area contributed by atoms with Gasteiger partial charge in [-0.1, -0.05) is 42.5 Å². The van der Waals surface area contributed by atoms with Gasteiger partial charge in [-0.25, -0.2) is 0 Å². The lowest BCUT2D eigenvalue weighted by molar-refractivity contribution is 0.306. The van der Waals surface area contributed by atoms with E-state index < -0.39 is 0 Å². The van der Waals surface area contributed by atoms with Crippen LogP contribution >= 0.6 is 24.0 Å². The number of benzene rings is 2. The molecule has 0 saturated heterocycles. The predicted molar refractivity (Wildman–Crippen MR) is 137 cm³/mol. The van der Waals surface area contributed by atoms with Crippen LogP contribution in [0.4, 0.5) is 0 Å². The molecule has 2 aromatic carbocycles. The Morgan fingerprint density at radius 3 is 2.32 bits per heavy atom. The zero-order valence-corrected chi connectivity index (χ0v) is 21.0. The molecule has 1 aromatic heterocycles. The third-order valence-corrected chi connectivity index (χ3v) is 5.19. The number of nitrogens with one attached hydrogen (secondary N) is 2. The van der Waals surface area contributed by atoms with E-state index in [4.69, 9.17) is 4.74 Å². The van der Waals surface area contributed by atoms with Gasteiger partial charge in [-0.2, -0.15) is 5.10 Å². The molecule has 0 unspecified atom stereocenters. The number of aromatic nitrogens is 2. The van der Waals surface area contributed by atoms with Gasteiger partial charge in [-0.3, -0.25) is 9.67 Å². The largest absolute Gasteiger partial charge is 0.489 e. The molecule has 31 heavy (non-hydrogen) atoms. The van der Waals surface area contributed by atoms with E-state index in [9.17, 15) is 0 Å². The highest BCUT2D eigenvalue weighted by atomic mass is 127. The molecule has 0 aliphatic rings. The second kappa shape index (κ2) is 12.3. The van der Waals surface area contributed by atoms with Crippen LogP contribution < -0.4 is 15.4 Å². The van der Waals surface area contributed by atoms with Gasteiger partial charge >= 0.3 is 0 Å². The van der Waals surface area contributed by atoms with Crippen LogP contribution in [0.3, 0.4) is 0 Å². The summed E-state index contributed by atoms with van der Waals surface area (Å²) in [5.74, 6) is 1.68. The molecule has 0 atom stereocenters. The summed E-state index contributed by atoms with van der Waals surface area (Å²) in [6.07, 6.45) is 0.907. The van der Waals surface area contributed by atoms with Crippen molar-refractivity contribution in [1.82, 2.24) is 20.4 Å². The number of nitrogens with zero attached hydrogens (tertiary/aromatic N) is 3. The molecule has 3 aromatic rings. The molecule has 3 rings (SSSR count). The van der Waals surface area contributed by atoms with Gasteiger partial charge in [0.05, 0.1) is 5.69 Å². The number of hydrogen-bond donors (Lipinski definition) is 2. The molecule has 6 nitrogen and oxygen atoms in total. The van der Waals surface area contributed by atoms with E-state index in [1.54, 1.807) is 7.05 Å². The van der Waals surface area contributed by atoms with Crippen LogP contribution in [0.1, 0.15) is 28.1 Å². The Labute approximate surface area is 202 Å². The first-order valence-electron chi connectivity index (χ1n) is 10.3. The molecular formula is C24H32IN5O. The van der Waals surface area contributed by atoms with Gasteiger partial charge < -0.3 is 15.4 Å². The van der Waals surface area contributed by atoms with Gasteiger partial charge in [0.25, 0.3) is 0 Å². The minimum Gasteiger partial charge on any atom is -0.489 e. The maximum Gasteiger partial charge on any atom is 0.191 e. The van der Waals surface area contributed by atoms with Crippen LogP contribution in [-0.2, 0) is 26.6 Å². The summed E-state index contributed by atoms with van der Waals surface area (Å²) in [5, 5.41) is 11.2. The minimum absolute atomic E-state index is 0. The van der Waals surface area contributed by atoms with E-state index in [0.717, 1.165) is 30.4 Å². The number of halogens is 1. The summed E-state index contributed by atoms with van der Waals surface area (Å²) in [6.45, 7) is 6.21. The quantitative estimate of drug-likeness (QED) is 0.260. The molecule has 0 aliphatic carbocycles. The summed E-state index contributed by atoms with van der Waals surface area (Å²) >= 11 is 0. The van der Waals surface area contributed by atoms with Gasteiger partial charge in [-0.15, -0.1) is 24.0 Å². The van der Waals surface area contributed by atoms with Gasteiger partial charge in [0.1, 0.15) is 12.4 Å². The maximum absolute atomic E-state index is 5.85. The lowest BCUT2D eigenvalue weighted by Crippen LogP contribution is -2.38. The third-order valence-electron chi connectivity index (χ3n) is 5.19. The number of ether oxygens (including phenoxy) is 1. The van der Waals surface area contributed by atoms with Crippen molar-refractivity contribution in [1.29, 1.82) is 0 Å². The van der Waals surface area contributed by atoms with Crippen molar-refractivity contribution in [2.45, 2.75) is 33.4 Å². The Hall–Kier alpha value is -2.55. The highest BCUT2D eigenvalue weighted by Gasteiger charge is 2.09. The monoisotopic (exact) mass is 533 g/mol. The van der Waals surface area contributed by atoms with Crippen molar-refractivity contribution in [2.75, 3.05) is 13.6 Å². The van der Waals surface area contributed by atoms with Crippen molar-refractivity contribution in [2.24, 2.45) is 12.0 Å². The fourth-order valence-corrected chi connectivity index (χ4v) is 3.28. The molecule has 7 heteroatoms. The summed E-state index contributed by atoms with van der Waals surface area (Å²) in [5.41, 5.74) is 5.86. The van der Waals surface area contributed by atoms with Crippen molar-refractivity contribution in [3.8, 4) is 5.75 Å². The lowest BCUT2D eigenvalue weighted by atomic mass is 10.1. The number of aryl methyl sites for hydroxylation is 2. The highest BCUT2D eigenvalue weighted by molar-refractivity contribution is 14.0. The van der Waals surface area contributed by atoms with Crippen LogP contribution in [0.15, 0.2) is 59.6 Å². The molecular weight excluding hydrogens is 501 g/mol. The molecule has 0 saturated carbocycles. The fourth-order valence-electron chi connectivity index (χ4n) is 3.28. The summed E-state index contributed by atoms with van der Waals surface area (Å²) < 4.78 is 7.76. The minimum atomic E-state index is 0. The SMILES string of the molecule is CN=C(NCCc1ccc(OCc2ccccc2)cc1)NCc1c(C)nn(C)c1C.I. The lowest BCUT2D eigenvalue weighted by Gasteiger charge is -2.12. The maximum atomic E-state index is 5.85. The van der Waals surface area contributed by atoms with Crippen molar-refractivity contribution in [3.63, 3.8) is 0 Å². The van der Waals surface area contributed by atoms with E-state index in [2.05, 4.69) is 51.9 Å². The molecule has 0 aliphatic heterocycles. The van der Waals surface area contributed by atoms with E-state index in [-0.39, 0.29) is 24.0 Å². The second-order valence-corrected chi connectivity index (χ2v) is 7.29. The number of hydrogen-bond acceptors (Lipinski definition) is 3. The number of guanidine groups is 1. The van der Waals surface area contributed by atoms with Crippen LogP contribution in [0.5, 0.6) is 5.75 Å². The van der Waals surface area contributed by atoms with Crippen LogP contribution in [-0.4, -0.2) is 29.3 Å². The number of aliphatic imine (C=N–C) groups is 1. The Morgan fingerprint density at radius 2 is 1.71 bits per heavy atom. The molecule has 166 valence electrons. The van der Waals surface area contributed by atoms with Crippen LogP contribution in [0.25, 0.3) is 0 Å². The van der Waals surface area contributed by atoms with Crippen LogP contribution in [0, 0.1) is 13.8 Å². The predicted octanol–water partition coefficient (Wildman–Crippen LogP) is 4.14. The van der Waals surface area contributed by atoms with Crippen LogP contribution in [0.2, 0.25) is 0 Å². The van der Waals surface area contributed by atoms with Gasteiger partial charge in [-0.05, 0) is 43.5 Å². The second-order valence-electron chi connectivity index (χ2n) is 7.29. The summed E-state index contributed by atoms with van der Waals surface area (Å²) in [4.78, 5) is 4.31. The topological polar surface area (TPSA) is 63.5 Å². The molecule has 0 radical (unpaired) electrons. The molecule has 0 spiro atoms. The zero-order chi connectivity index (χ0) is 21.3. The van der Waals surface area contributed by atoms with E-state index in [1.807, 2.05) is 49.0 Å². The zero-order valence-electron chi connectivity index (χ0n) is 18.7. The highest BCUT2D eigenvalue weighted by Crippen LogP contribution is 2.14. The fraction of sp³-hybridized carbons (Fsp3) is 0.333. The van der Waals surface area contributed by atoms with E-state index in [0.29, 0.717) is 13.2 Å². The van der Waals surface area contributed by atoms with Gasteiger partial charge in [0.2, 0.25) is 0 Å². The third kappa shape index (κ3) is 7.27. The van der Waals surface area contributed by atoms with Crippen molar-refractivity contribution < 1.29 is 4.74 Å². The molecule has 0 amide bonds. The van der Waals surface area contributed by atoms with Gasteiger partial charge in [0, 0.05) is 38.4 Å². The summed E-state index contributed by atoms with van der Waals surface area (Å²) in [6, 6.07) is 18.5. The molecule has 0 bridgehead atoms. The van der Waals surface area contributed by atoms with Crippen molar-refractivity contribution >= 4 is 29.9 Å². The first kappa shape index (κ1) is 24.7. The average molecular weight is 533 g/mol. The molecule has 2 N–H and O–H groups in total. The first-order valence-corrected chi connectivity index (χ1v) is 10.3. The summed E-state index contributed by atoms with van der Waals surface area (Å²) in [7, 11) is 3.76. The molecule has 0 fully saturated rings. The van der Waals surface area contributed by atoms with E-state index >= 15 is 0 Å². The Balaban J connectivity index is 0.00000341. The number of rotatable bonds is 8. The normalized spacial score (nSPS) is 11.0. The standard InChI is InChI=1S/C24H31N5O.HI/c1-18-23(19(2)29(4)28-18)16-27-24(25-3)26-15-14-20-10-12-22(13-11-20)30-17-21-8-6-5-7-9-21;/h5-13H,14-17H2,1-4H3,(H2,25,26,27);1H. The average Bonchev–Trinajstić information content (AvgIpc) is 3.01. The molecule has 1 heterocycles.